The van der Waals surface area contributed by atoms with Crippen LogP contribution < -0.4 is 10.0 Å². The van der Waals surface area contributed by atoms with Crippen molar-refractivity contribution in [2.24, 2.45) is 5.92 Å². The van der Waals surface area contributed by atoms with Gasteiger partial charge in [0, 0.05) is 17.8 Å². The average molecular weight is 357 g/mol. The Morgan fingerprint density at radius 1 is 1.16 bits per heavy atom. The molecule has 1 saturated carbocycles. The van der Waals surface area contributed by atoms with Crippen LogP contribution in [0.2, 0.25) is 0 Å². The van der Waals surface area contributed by atoms with Gasteiger partial charge in [-0.05, 0) is 43.0 Å². The van der Waals surface area contributed by atoms with Gasteiger partial charge in [0.25, 0.3) is 0 Å². The van der Waals surface area contributed by atoms with E-state index in [9.17, 15) is 8.42 Å². The Kier molecular flexibility index (Phi) is 3.84. The summed E-state index contributed by atoms with van der Waals surface area (Å²) in [5.41, 5.74) is 3.07. The zero-order valence-electron chi connectivity index (χ0n) is 13.8. The van der Waals surface area contributed by atoms with Gasteiger partial charge in [-0.3, -0.25) is 4.72 Å². The summed E-state index contributed by atoms with van der Waals surface area (Å²) in [7, 11) is -3.28. The lowest BCUT2D eigenvalue weighted by molar-refractivity contribution is 0.607. The van der Waals surface area contributed by atoms with E-state index in [0.29, 0.717) is 5.69 Å². The van der Waals surface area contributed by atoms with E-state index < -0.39 is 10.0 Å². The van der Waals surface area contributed by atoms with E-state index in [4.69, 9.17) is 0 Å². The van der Waals surface area contributed by atoms with Gasteiger partial charge in [-0.1, -0.05) is 12.1 Å². The van der Waals surface area contributed by atoms with E-state index in [1.54, 1.807) is 22.8 Å². The second-order valence-corrected chi connectivity index (χ2v) is 8.16. The molecule has 0 amide bonds. The van der Waals surface area contributed by atoms with Crippen molar-refractivity contribution in [3.8, 4) is 11.3 Å². The topological polar surface area (TPSA) is 88.4 Å². The first-order valence-electron chi connectivity index (χ1n) is 8.15. The van der Waals surface area contributed by atoms with Crippen LogP contribution in [0, 0.1) is 5.92 Å². The molecule has 0 saturated heterocycles. The zero-order chi connectivity index (χ0) is 17.4. The number of sulfonamides is 1. The third-order valence-corrected chi connectivity index (χ3v) is 4.72. The molecule has 0 radical (unpaired) electrons. The van der Waals surface area contributed by atoms with Crippen molar-refractivity contribution in [1.29, 1.82) is 0 Å². The number of hydrogen-bond donors (Lipinski definition) is 2. The Balaban J connectivity index is 1.62. The molecule has 1 fully saturated rings. The average Bonchev–Trinajstić information content (AvgIpc) is 3.30. The first-order valence-corrected chi connectivity index (χ1v) is 10.0. The smallest absolute Gasteiger partial charge is 0.229 e. The number of fused-ring (bicyclic) bond motifs is 1. The first kappa shape index (κ1) is 15.9. The highest BCUT2D eigenvalue weighted by atomic mass is 32.2. The van der Waals surface area contributed by atoms with Crippen molar-refractivity contribution in [1.82, 2.24) is 14.6 Å². The minimum atomic E-state index is -3.28. The maximum Gasteiger partial charge on any atom is 0.229 e. The highest BCUT2D eigenvalue weighted by molar-refractivity contribution is 7.92. The lowest BCUT2D eigenvalue weighted by Gasteiger charge is -2.07. The van der Waals surface area contributed by atoms with Gasteiger partial charge in [0.2, 0.25) is 10.0 Å². The van der Waals surface area contributed by atoms with Gasteiger partial charge in [0.15, 0.2) is 5.65 Å². The van der Waals surface area contributed by atoms with E-state index in [-0.39, 0.29) is 0 Å². The highest BCUT2D eigenvalue weighted by Gasteiger charge is 2.20. The monoisotopic (exact) mass is 357 g/mol. The van der Waals surface area contributed by atoms with Gasteiger partial charge >= 0.3 is 0 Å². The maximum atomic E-state index is 11.3. The summed E-state index contributed by atoms with van der Waals surface area (Å²) in [5.74, 6) is 1.60. The van der Waals surface area contributed by atoms with Crippen LogP contribution >= 0.6 is 0 Å². The molecule has 4 rings (SSSR count). The van der Waals surface area contributed by atoms with Gasteiger partial charge in [0.05, 0.1) is 18.1 Å². The third-order valence-electron chi connectivity index (χ3n) is 4.11. The molecule has 0 atom stereocenters. The Morgan fingerprint density at radius 3 is 2.60 bits per heavy atom. The molecule has 3 aromatic rings. The largest absolute Gasteiger partial charge is 0.368 e. The van der Waals surface area contributed by atoms with Gasteiger partial charge in [-0.2, -0.15) is 0 Å². The number of anilines is 2. The predicted octanol–water partition coefficient (Wildman–Crippen LogP) is 2.59. The molecule has 0 unspecified atom stereocenters. The summed E-state index contributed by atoms with van der Waals surface area (Å²) in [6.45, 7) is 0.953. The van der Waals surface area contributed by atoms with Crippen LogP contribution in [0.25, 0.3) is 16.9 Å². The molecule has 8 heteroatoms. The summed E-state index contributed by atoms with van der Waals surface area (Å²) in [6, 6.07) is 11.0. The fraction of sp³-hybridized carbons (Fsp3) is 0.294. The van der Waals surface area contributed by atoms with Gasteiger partial charge in [-0.25, -0.2) is 17.9 Å². The summed E-state index contributed by atoms with van der Waals surface area (Å²) >= 11 is 0. The lowest BCUT2D eigenvalue weighted by Crippen LogP contribution is -2.09. The van der Waals surface area contributed by atoms with Gasteiger partial charge in [-0.15, -0.1) is 5.10 Å². The van der Waals surface area contributed by atoms with Crippen molar-refractivity contribution in [3.05, 3.63) is 42.6 Å². The van der Waals surface area contributed by atoms with Gasteiger partial charge in [0.1, 0.15) is 5.82 Å². The third kappa shape index (κ3) is 3.74. The van der Waals surface area contributed by atoms with Crippen molar-refractivity contribution < 1.29 is 8.42 Å². The number of benzene rings is 1. The molecular formula is C17H19N5O2S. The van der Waals surface area contributed by atoms with Crippen molar-refractivity contribution in [2.45, 2.75) is 12.8 Å². The Morgan fingerprint density at radius 2 is 1.92 bits per heavy atom. The van der Waals surface area contributed by atoms with Crippen LogP contribution in [-0.2, 0) is 10.0 Å². The second kappa shape index (κ2) is 6.03. The molecule has 0 bridgehead atoms. The molecular weight excluding hydrogens is 338 g/mol. The van der Waals surface area contributed by atoms with E-state index >= 15 is 0 Å². The summed E-state index contributed by atoms with van der Waals surface area (Å²) < 4.78 is 26.9. The van der Waals surface area contributed by atoms with Crippen LogP contribution in [0.3, 0.4) is 0 Å². The molecule has 0 spiro atoms. The number of imidazole rings is 1. The normalized spacial score (nSPS) is 14.6. The number of rotatable bonds is 6. The Hall–Kier alpha value is -2.61. The number of hydrogen-bond acceptors (Lipinski definition) is 5. The molecule has 1 aliphatic rings. The standard InChI is InChI=1S/C17H19N5O2S/c1-25(23,24)21-14-6-4-13(5-7-14)15-11-19-17-9-8-16(20-22(15)17)18-10-12-2-3-12/h4-9,11-12,21H,2-3,10H2,1H3,(H,18,20). The zero-order valence-corrected chi connectivity index (χ0v) is 14.6. The van der Waals surface area contributed by atoms with Crippen LogP contribution in [0.15, 0.2) is 42.6 Å². The molecule has 7 nitrogen and oxygen atoms in total. The summed E-state index contributed by atoms with van der Waals surface area (Å²) in [6.07, 6.45) is 5.48. The quantitative estimate of drug-likeness (QED) is 0.708. The van der Waals surface area contributed by atoms with E-state index in [2.05, 4.69) is 20.1 Å². The molecule has 25 heavy (non-hydrogen) atoms. The van der Waals surface area contributed by atoms with Crippen LogP contribution in [0.5, 0.6) is 0 Å². The minimum Gasteiger partial charge on any atom is -0.368 e. The predicted molar refractivity (Wildman–Crippen MR) is 98.1 cm³/mol. The number of nitrogens with zero attached hydrogens (tertiary/aromatic N) is 3. The molecule has 1 aliphatic carbocycles. The minimum absolute atomic E-state index is 0.528. The summed E-state index contributed by atoms with van der Waals surface area (Å²) in [4.78, 5) is 4.39. The van der Waals surface area contributed by atoms with Crippen LogP contribution in [0.4, 0.5) is 11.5 Å². The SMILES string of the molecule is CS(=O)(=O)Nc1ccc(-c2cnc3ccc(NCC4CC4)nn23)cc1. The maximum absolute atomic E-state index is 11.3. The number of aromatic nitrogens is 3. The molecule has 2 heterocycles. The molecule has 2 N–H and O–H groups in total. The fourth-order valence-corrected chi connectivity index (χ4v) is 3.22. The summed E-state index contributed by atoms with van der Waals surface area (Å²) in [5, 5.41) is 7.99. The molecule has 1 aromatic carbocycles. The highest BCUT2D eigenvalue weighted by Crippen LogP contribution is 2.29. The number of nitrogens with one attached hydrogen (secondary N) is 2. The van der Waals surface area contributed by atoms with Gasteiger partial charge < -0.3 is 5.32 Å². The second-order valence-electron chi connectivity index (χ2n) is 6.41. The van der Waals surface area contributed by atoms with Crippen molar-refractivity contribution in [2.75, 3.05) is 22.8 Å². The van der Waals surface area contributed by atoms with Crippen LogP contribution in [-0.4, -0.2) is 35.8 Å². The molecule has 2 aromatic heterocycles. The van der Waals surface area contributed by atoms with E-state index in [0.717, 1.165) is 41.4 Å². The van der Waals surface area contributed by atoms with Crippen LogP contribution in [0.1, 0.15) is 12.8 Å². The Labute approximate surface area is 146 Å². The van der Waals surface area contributed by atoms with Crippen molar-refractivity contribution >= 4 is 27.2 Å². The fourth-order valence-electron chi connectivity index (χ4n) is 2.66. The van der Waals surface area contributed by atoms with E-state index in [1.165, 1.54) is 12.8 Å². The van der Waals surface area contributed by atoms with Crippen molar-refractivity contribution in [3.63, 3.8) is 0 Å². The van der Waals surface area contributed by atoms with E-state index in [1.807, 2.05) is 24.3 Å². The Bertz CT molecular complexity index is 1010. The molecule has 130 valence electrons. The first-order chi connectivity index (χ1) is 12.0. The lowest BCUT2D eigenvalue weighted by atomic mass is 10.1. The molecule has 0 aliphatic heterocycles.